The first-order valence-electron chi connectivity index (χ1n) is 27.9. The molecule has 0 spiro atoms. The quantitative estimate of drug-likeness (QED) is 0.142. The average molecular weight is 979 g/mol. The third-order valence-corrected chi connectivity index (χ3v) is 19.1. The summed E-state index contributed by atoms with van der Waals surface area (Å²) < 4.78 is 0. The van der Waals surface area contributed by atoms with Gasteiger partial charge in [0.25, 0.3) is 0 Å². The van der Waals surface area contributed by atoms with Crippen molar-refractivity contribution in [2.45, 2.75) is 97.8 Å². The molecule has 0 heterocycles. The minimum Gasteiger partial charge on any atom is -0.0759 e. The Kier molecular flexibility index (Phi) is 10.2. The summed E-state index contributed by atoms with van der Waals surface area (Å²) in [7, 11) is 0. The van der Waals surface area contributed by atoms with Crippen molar-refractivity contribution in [3.05, 3.63) is 250 Å². The van der Waals surface area contributed by atoms with Crippen molar-refractivity contribution in [3.63, 3.8) is 0 Å². The van der Waals surface area contributed by atoms with Crippen molar-refractivity contribution in [2.24, 2.45) is 5.41 Å². The summed E-state index contributed by atoms with van der Waals surface area (Å²) in [5.74, 6) is 0. The monoisotopic (exact) mass is 979 g/mol. The molecule has 10 aromatic carbocycles. The summed E-state index contributed by atoms with van der Waals surface area (Å²) in [6.07, 6.45) is 8.01. The summed E-state index contributed by atoms with van der Waals surface area (Å²) in [5, 5.41) is 5.51. The molecule has 0 radical (unpaired) electrons. The third kappa shape index (κ3) is 6.88. The lowest BCUT2D eigenvalue weighted by Crippen LogP contribution is -2.24. The van der Waals surface area contributed by atoms with Crippen LogP contribution in [-0.2, 0) is 22.7 Å². The van der Waals surface area contributed by atoms with E-state index in [4.69, 9.17) is 0 Å². The molecular formula is C76H66. The molecule has 10 aromatic rings. The van der Waals surface area contributed by atoms with Crippen molar-refractivity contribution >= 4 is 33.2 Å². The number of hydrogen-bond acceptors (Lipinski definition) is 0. The van der Waals surface area contributed by atoms with Gasteiger partial charge in [-0.05, 0) is 169 Å². The fourth-order valence-corrected chi connectivity index (χ4v) is 14.1. The Morgan fingerprint density at radius 3 is 1.66 bits per heavy atom. The first-order chi connectivity index (χ1) is 36.6. The predicted octanol–water partition coefficient (Wildman–Crippen LogP) is 20.8. The number of benzene rings is 10. The number of allylic oxidation sites excluding steroid dienone is 3. The van der Waals surface area contributed by atoms with Gasteiger partial charge in [-0.3, -0.25) is 0 Å². The molecule has 0 nitrogen and oxygen atoms in total. The molecule has 0 heteroatoms. The van der Waals surface area contributed by atoms with Crippen LogP contribution in [0.4, 0.5) is 0 Å². The molecule has 0 amide bonds. The van der Waals surface area contributed by atoms with E-state index in [0.29, 0.717) is 0 Å². The highest BCUT2D eigenvalue weighted by atomic mass is 14.4. The maximum Gasteiger partial charge on any atom is 0.0172 e. The van der Waals surface area contributed by atoms with Crippen LogP contribution in [0.2, 0.25) is 0 Å². The van der Waals surface area contributed by atoms with Gasteiger partial charge in [0.15, 0.2) is 0 Å². The summed E-state index contributed by atoms with van der Waals surface area (Å²) in [6.45, 7) is 21.5. The van der Waals surface area contributed by atoms with Gasteiger partial charge in [0.05, 0.1) is 0 Å². The summed E-state index contributed by atoms with van der Waals surface area (Å²) in [4.78, 5) is 0. The first-order valence-corrected chi connectivity index (χ1v) is 27.9. The number of hydrogen-bond donors (Lipinski definition) is 0. The van der Waals surface area contributed by atoms with Crippen LogP contribution < -0.4 is 0 Å². The van der Waals surface area contributed by atoms with E-state index < -0.39 is 0 Å². The normalized spacial score (nSPS) is 15.5. The van der Waals surface area contributed by atoms with Gasteiger partial charge in [-0.2, -0.15) is 0 Å². The molecule has 4 aliphatic carbocycles. The molecule has 0 saturated heterocycles. The molecule has 14 rings (SSSR count). The lowest BCUT2D eigenvalue weighted by Gasteiger charge is -2.32. The van der Waals surface area contributed by atoms with E-state index in [9.17, 15) is 0 Å². The van der Waals surface area contributed by atoms with Gasteiger partial charge in [0, 0.05) is 16.2 Å². The Labute approximate surface area is 450 Å². The zero-order valence-electron chi connectivity index (χ0n) is 45.7. The predicted molar refractivity (Wildman–Crippen MR) is 325 cm³/mol. The Balaban J connectivity index is 0.711. The standard InChI is InChI=1S/C76H66/c1-10-76(9,54-32-26-49(27-33-54)59-40-41-67-61-15-12-11-14-60(61)65-17-13-16-64(59)72(65)67)56-35-39-63-62-38-34-55(44-68(62)75(7,8)69(63)45-56)74(5,6)53-30-24-47(25-31-53)46-18-20-48(21-19-46)58-36-28-50-22-23-51-42-57(73(2,3)4)43-52-29-37-66(58)71(50)70(51)52/h11-36,38-42,44-45H,10,37,43H2,1-9H3/t76-/m0/s1. The number of fused-ring (bicyclic) bond motifs is 6. The van der Waals surface area contributed by atoms with Crippen LogP contribution in [0, 0.1) is 5.41 Å². The fraction of sp³-hybridized carbons (Fsp3) is 0.211. The van der Waals surface area contributed by atoms with Gasteiger partial charge in [-0.15, -0.1) is 0 Å². The average Bonchev–Trinajstić information content (AvgIpc) is 4.06. The number of rotatable bonds is 8. The second kappa shape index (κ2) is 16.6. The van der Waals surface area contributed by atoms with Gasteiger partial charge < -0.3 is 0 Å². The molecule has 0 aliphatic heterocycles. The molecule has 4 aliphatic rings. The van der Waals surface area contributed by atoms with Crippen molar-refractivity contribution in [1.29, 1.82) is 0 Å². The van der Waals surface area contributed by atoms with E-state index in [0.717, 1.165) is 19.3 Å². The Hall–Kier alpha value is -7.80. The molecule has 0 fully saturated rings. The fourth-order valence-electron chi connectivity index (χ4n) is 14.1. The van der Waals surface area contributed by atoms with E-state index in [2.05, 4.69) is 263 Å². The highest BCUT2D eigenvalue weighted by Gasteiger charge is 2.39. The van der Waals surface area contributed by atoms with Crippen LogP contribution in [0.5, 0.6) is 0 Å². The van der Waals surface area contributed by atoms with Crippen LogP contribution in [0.25, 0.3) is 100.0 Å². The smallest absolute Gasteiger partial charge is 0.0172 e. The highest BCUT2D eigenvalue weighted by Crippen LogP contribution is 2.54. The highest BCUT2D eigenvalue weighted by molar-refractivity contribution is 6.18. The van der Waals surface area contributed by atoms with E-state index in [1.54, 1.807) is 0 Å². The minimum atomic E-state index is -0.187. The summed E-state index contributed by atoms with van der Waals surface area (Å²) in [6, 6.07) is 72.5. The maximum atomic E-state index is 2.54. The van der Waals surface area contributed by atoms with E-state index in [-0.39, 0.29) is 21.7 Å². The molecule has 0 bridgehead atoms. The third-order valence-electron chi connectivity index (χ3n) is 19.1. The van der Waals surface area contributed by atoms with Crippen LogP contribution >= 0.6 is 0 Å². The van der Waals surface area contributed by atoms with E-state index >= 15 is 0 Å². The maximum absolute atomic E-state index is 2.54. The van der Waals surface area contributed by atoms with Crippen LogP contribution in [0.3, 0.4) is 0 Å². The molecule has 1 atom stereocenters. The van der Waals surface area contributed by atoms with Crippen LogP contribution in [0.15, 0.2) is 200 Å². The molecule has 0 aromatic heterocycles. The lowest BCUT2D eigenvalue weighted by atomic mass is 9.71. The van der Waals surface area contributed by atoms with Gasteiger partial charge in [0.1, 0.15) is 0 Å². The molecule has 0 N–H and O–H groups in total. The lowest BCUT2D eigenvalue weighted by molar-refractivity contribution is 0.498. The van der Waals surface area contributed by atoms with Crippen LogP contribution in [0.1, 0.15) is 125 Å². The zero-order valence-corrected chi connectivity index (χ0v) is 45.7. The largest absolute Gasteiger partial charge is 0.0759 e. The molecule has 370 valence electrons. The van der Waals surface area contributed by atoms with Crippen molar-refractivity contribution in [1.82, 2.24) is 0 Å². The molecule has 76 heavy (non-hydrogen) atoms. The Morgan fingerprint density at radius 2 is 0.974 bits per heavy atom. The summed E-state index contributed by atoms with van der Waals surface area (Å²) >= 11 is 0. The zero-order chi connectivity index (χ0) is 52.0. The topological polar surface area (TPSA) is 0 Å². The molecule has 0 unspecified atom stereocenters. The van der Waals surface area contributed by atoms with E-state index in [1.165, 1.54) is 150 Å². The van der Waals surface area contributed by atoms with Gasteiger partial charge in [-0.1, -0.05) is 268 Å². The summed E-state index contributed by atoms with van der Waals surface area (Å²) in [5.41, 5.74) is 31.0. The Morgan fingerprint density at radius 1 is 0.447 bits per heavy atom. The molecular weight excluding hydrogens is 913 g/mol. The van der Waals surface area contributed by atoms with Crippen molar-refractivity contribution < 1.29 is 0 Å². The van der Waals surface area contributed by atoms with Gasteiger partial charge >= 0.3 is 0 Å². The van der Waals surface area contributed by atoms with Gasteiger partial charge in [0.2, 0.25) is 0 Å². The minimum absolute atomic E-state index is 0.145. The SMILES string of the molecule is CC[C@@](C)(c1ccc(-c2ccc3c4c(cccc24)-c2ccccc2-3)cc1)c1ccc2c(c1)C(C)(C)c1cc(C(C)(C)c3ccc(-c4ccc(-c5ccc6ccc7c8c6c5CC=C8CC(C(C)(C)C)=C7)cc4)cc3)ccc1-2. The van der Waals surface area contributed by atoms with E-state index in [1.807, 2.05) is 0 Å². The van der Waals surface area contributed by atoms with Crippen molar-refractivity contribution in [2.75, 3.05) is 0 Å². The second-order valence-corrected chi connectivity index (χ2v) is 24.9. The molecule has 0 saturated carbocycles. The Bertz CT molecular complexity index is 4110. The second-order valence-electron chi connectivity index (χ2n) is 24.9. The van der Waals surface area contributed by atoms with Gasteiger partial charge in [-0.25, -0.2) is 0 Å². The first kappa shape index (κ1) is 46.7. The van der Waals surface area contributed by atoms with Crippen LogP contribution in [-0.4, -0.2) is 0 Å². The van der Waals surface area contributed by atoms with Crippen molar-refractivity contribution in [3.8, 4) is 66.8 Å².